The molecule has 0 fully saturated rings. The fraction of sp³-hybridized carbons (Fsp3) is 0.286. The molecular weight excluding hydrogens is 328 g/mol. The van der Waals surface area contributed by atoms with Crippen LogP contribution in [0.5, 0.6) is 0 Å². The highest BCUT2D eigenvalue weighted by atomic mass is 16.3. The highest BCUT2D eigenvalue weighted by molar-refractivity contribution is 5.82. The number of para-hydroxylation sites is 1. The number of aliphatic hydroxyl groups excluding tert-OH is 2. The highest BCUT2D eigenvalue weighted by Crippen LogP contribution is 2.18. The molecule has 0 amide bonds. The maximum Gasteiger partial charge on any atom is 0.252 e. The minimum atomic E-state index is -0.854. The number of H-pyrrole nitrogens is 1. The summed E-state index contributed by atoms with van der Waals surface area (Å²) >= 11 is 0. The Kier molecular flexibility index (Phi) is 5.83. The second-order valence-electron chi connectivity index (χ2n) is 6.38. The van der Waals surface area contributed by atoms with Crippen molar-refractivity contribution in [3.05, 3.63) is 81.6 Å². The van der Waals surface area contributed by atoms with Crippen molar-refractivity contribution in [2.75, 3.05) is 6.61 Å². The van der Waals surface area contributed by atoms with Gasteiger partial charge in [-0.2, -0.15) is 0 Å². The summed E-state index contributed by atoms with van der Waals surface area (Å²) in [5, 5.41) is 24.2. The van der Waals surface area contributed by atoms with Crippen LogP contribution in [-0.2, 0) is 13.0 Å². The lowest BCUT2D eigenvalue weighted by atomic mass is 10.0. The van der Waals surface area contributed by atoms with Gasteiger partial charge in [0.1, 0.15) is 0 Å². The summed E-state index contributed by atoms with van der Waals surface area (Å²) < 4.78 is 0. The molecule has 1 aromatic heterocycles. The van der Waals surface area contributed by atoms with Crippen LogP contribution in [0, 0.1) is 0 Å². The van der Waals surface area contributed by atoms with Gasteiger partial charge in [-0.3, -0.25) is 4.79 Å². The van der Waals surface area contributed by atoms with E-state index in [2.05, 4.69) is 17.2 Å². The molecule has 2 aromatic carbocycles. The maximum absolute atomic E-state index is 12.4. The molecule has 1 heterocycles. The maximum atomic E-state index is 12.4. The van der Waals surface area contributed by atoms with Gasteiger partial charge in [-0.15, -0.1) is 0 Å². The molecule has 0 radical (unpaired) electrons. The molecule has 0 aliphatic carbocycles. The summed E-state index contributed by atoms with van der Waals surface area (Å²) in [6.07, 6.45) is -0.00628. The van der Waals surface area contributed by atoms with Gasteiger partial charge in [0, 0.05) is 12.1 Å². The topological polar surface area (TPSA) is 85.3 Å². The fourth-order valence-corrected chi connectivity index (χ4v) is 3.17. The van der Waals surface area contributed by atoms with E-state index in [1.807, 2.05) is 54.6 Å². The molecule has 4 N–H and O–H groups in total. The third kappa shape index (κ3) is 3.85. The Morgan fingerprint density at radius 2 is 1.85 bits per heavy atom. The third-order valence-electron chi connectivity index (χ3n) is 4.70. The van der Waals surface area contributed by atoms with Gasteiger partial charge in [-0.1, -0.05) is 55.5 Å². The number of pyridine rings is 1. The number of aromatic amines is 1. The predicted molar refractivity (Wildman–Crippen MR) is 103 cm³/mol. The van der Waals surface area contributed by atoms with Crippen LogP contribution in [0.15, 0.2) is 59.4 Å². The Labute approximate surface area is 152 Å². The van der Waals surface area contributed by atoms with E-state index >= 15 is 0 Å². The number of benzene rings is 2. The molecule has 26 heavy (non-hydrogen) atoms. The van der Waals surface area contributed by atoms with Crippen molar-refractivity contribution in [1.82, 2.24) is 10.3 Å². The van der Waals surface area contributed by atoms with Crippen molar-refractivity contribution >= 4 is 10.9 Å². The molecule has 3 aromatic rings. The highest BCUT2D eigenvalue weighted by Gasteiger charge is 2.20. The van der Waals surface area contributed by atoms with E-state index in [9.17, 15) is 15.0 Å². The van der Waals surface area contributed by atoms with Gasteiger partial charge < -0.3 is 20.5 Å². The lowest BCUT2D eigenvalue weighted by Gasteiger charge is -2.22. The minimum absolute atomic E-state index is 0.156. The van der Waals surface area contributed by atoms with Crippen LogP contribution in [0.4, 0.5) is 0 Å². The van der Waals surface area contributed by atoms with E-state index < -0.39 is 12.1 Å². The number of aromatic nitrogens is 1. The van der Waals surface area contributed by atoms with E-state index in [-0.39, 0.29) is 18.7 Å². The van der Waals surface area contributed by atoms with Crippen LogP contribution in [0.1, 0.15) is 29.7 Å². The van der Waals surface area contributed by atoms with E-state index in [1.54, 1.807) is 0 Å². The minimum Gasteiger partial charge on any atom is -0.395 e. The second-order valence-corrected chi connectivity index (χ2v) is 6.38. The Bertz CT molecular complexity index is 921. The number of nitrogens with one attached hydrogen (secondary N) is 2. The first-order valence-electron chi connectivity index (χ1n) is 8.85. The largest absolute Gasteiger partial charge is 0.395 e. The van der Waals surface area contributed by atoms with E-state index in [1.165, 1.54) is 0 Å². The number of aliphatic hydroxyl groups is 2. The van der Waals surface area contributed by atoms with Crippen LogP contribution in [0.3, 0.4) is 0 Å². The van der Waals surface area contributed by atoms with Crippen molar-refractivity contribution in [1.29, 1.82) is 0 Å². The number of fused-ring (bicyclic) bond motifs is 1. The van der Waals surface area contributed by atoms with Crippen molar-refractivity contribution in [2.24, 2.45) is 0 Å². The van der Waals surface area contributed by atoms with Crippen molar-refractivity contribution < 1.29 is 10.2 Å². The average Bonchev–Trinajstić information content (AvgIpc) is 2.68. The molecule has 5 nitrogen and oxygen atoms in total. The molecule has 0 aliphatic rings. The van der Waals surface area contributed by atoms with Crippen molar-refractivity contribution in [3.8, 4) is 0 Å². The zero-order valence-electron chi connectivity index (χ0n) is 14.8. The Morgan fingerprint density at radius 3 is 2.54 bits per heavy atom. The van der Waals surface area contributed by atoms with Crippen LogP contribution in [0.2, 0.25) is 0 Å². The van der Waals surface area contributed by atoms with Crippen LogP contribution >= 0.6 is 0 Å². The first-order chi connectivity index (χ1) is 12.6. The quantitative estimate of drug-likeness (QED) is 0.525. The summed E-state index contributed by atoms with van der Waals surface area (Å²) in [5.41, 5.74) is 3.11. The summed E-state index contributed by atoms with van der Waals surface area (Å²) in [7, 11) is 0. The van der Waals surface area contributed by atoms with Gasteiger partial charge in [0.05, 0.1) is 24.3 Å². The average molecular weight is 352 g/mol. The molecule has 0 unspecified atom stereocenters. The number of rotatable bonds is 7. The Hall–Kier alpha value is -2.47. The zero-order valence-corrected chi connectivity index (χ0v) is 14.8. The molecule has 0 aliphatic heterocycles. The predicted octanol–water partition coefficient (Wildman–Crippen LogP) is 2.27. The first-order valence-corrected chi connectivity index (χ1v) is 8.85. The summed E-state index contributed by atoms with van der Waals surface area (Å²) in [4.78, 5) is 15.4. The summed E-state index contributed by atoms with van der Waals surface area (Å²) in [5.74, 6) is 0. The summed E-state index contributed by atoms with van der Waals surface area (Å²) in [6.45, 7) is 2.08. The normalized spacial score (nSPS) is 13.7. The summed E-state index contributed by atoms with van der Waals surface area (Å²) in [6, 6.07) is 16.4. The SMILES string of the molecule is CCc1cccc2cc(CN[C@@H](CO)[C@@H](O)c3ccccc3)c(=O)[nH]c12. The monoisotopic (exact) mass is 352 g/mol. The van der Waals surface area contributed by atoms with Crippen LogP contribution < -0.4 is 10.9 Å². The third-order valence-corrected chi connectivity index (χ3v) is 4.70. The van der Waals surface area contributed by atoms with Crippen molar-refractivity contribution in [3.63, 3.8) is 0 Å². The smallest absolute Gasteiger partial charge is 0.252 e. The van der Waals surface area contributed by atoms with Gasteiger partial charge >= 0.3 is 0 Å². The fourth-order valence-electron chi connectivity index (χ4n) is 3.17. The molecule has 0 spiro atoms. The van der Waals surface area contributed by atoms with Crippen molar-refractivity contribution in [2.45, 2.75) is 32.0 Å². The lowest BCUT2D eigenvalue weighted by Crippen LogP contribution is -2.38. The Balaban J connectivity index is 1.80. The standard InChI is InChI=1S/C21H24N2O3/c1-2-14-9-6-10-16-11-17(21(26)23-19(14)16)12-22-18(13-24)20(25)15-7-4-3-5-8-15/h3-11,18,20,22,24-25H,2,12-13H2,1H3,(H,23,26)/t18-,20-/m0/s1. The van der Waals surface area contributed by atoms with Gasteiger partial charge in [-0.25, -0.2) is 0 Å². The molecule has 3 rings (SSSR count). The van der Waals surface area contributed by atoms with E-state index in [0.29, 0.717) is 5.56 Å². The number of aryl methyl sites for hydroxylation is 1. The Morgan fingerprint density at radius 1 is 1.08 bits per heavy atom. The number of hydrogen-bond donors (Lipinski definition) is 4. The molecule has 0 saturated carbocycles. The molecule has 5 heteroatoms. The lowest BCUT2D eigenvalue weighted by molar-refractivity contribution is 0.0891. The second kappa shape index (κ2) is 8.27. The zero-order chi connectivity index (χ0) is 18.5. The van der Waals surface area contributed by atoms with Gasteiger partial charge in [0.2, 0.25) is 0 Å². The molecule has 0 bridgehead atoms. The van der Waals surface area contributed by atoms with Gasteiger partial charge in [0.25, 0.3) is 5.56 Å². The number of hydrogen-bond acceptors (Lipinski definition) is 4. The van der Waals surface area contributed by atoms with E-state index in [0.717, 1.165) is 28.5 Å². The molecule has 2 atom stereocenters. The van der Waals surface area contributed by atoms with Crippen LogP contribution in [0.25, 0.3) is 10.9 Å². The van der Waals surface area contributed by atoms with E-state index in [4.69, 9.17) is 0 Å². The molecule has 136 valence electrons. The van der Waals surface area contributed by atoms with Gasteiger partial charge in [0.15, 0.2) is 0 Å². The van der Waals surface area contributed by atoms with Gasteiger partial charge in [-0.05, 0) is 29.0 Å². The molecule has 0 saturated heterocycles. The first kappa shape index (κ1) is 18.3. The van der Waals surface area contributed by atoms with Crippen LogP contribution in [-0.4, -0.2) is 27.8 Å². The molecular formula is C21H24N2O3.